The van der Waals surface area contributed by atoms with Gasteiger partial charge in [0.1, 0.15) is 18.4 Å². The first-order valence-electron chi connectivity index (χ1n) is 16.3. The summed E-state index contributed by atoms with van der Waals surface area (Å²) in [6.45, 7) is 3.19. The van der Waals surface area contributed by atoms with Crippen LogP contribution < -0.4 is 26.6 Å². The molecule has 2 aromatic rings. The van der Waals surface area contributed by atoms with E-state index >= 15 is 0 Å². The molecule has 1 heterocycles. The van der Waals surface area contributed by atoms with Crippen molar-refractivity contribution in [1.82, 2.24) is 26.6 Å². The van der Waals surface area contributed by atoms with Gasteiger partial charge < -0.3 is 31.4 Å². The van der Waals surface area contributed by atoms with Gasteiger partial charge in [0.2, 0.25) is 29.5 Å². The third-order valence-corrected chi connectivity index (χ3v) is 7.69. The molecule has 0 radical (unpaired) electrons. The highest BCUT2D eigenvalue weighted by molar-refractivity contribution is 5.93. The number of hydrogen-bond donors (Lipinski definition) is 5. The van der Waals surface area contributed by atoms with E-state index in [0.717, 1.165) is 29.2 Å². The van der Waals surface area contributed by atoms with E-state index in [9.17, 15) is 41.9 Å². The van der Waals surface area contributed by atoms with Crippen molar-refractivity contribution in [2.75, 3.05) is 19.6 Å². The monoisotopic (exact) mass is 689 g/mol. The molecule has 14 heteroatoms. The summed E-state index contributed by atoms with van der Waals surface area (Å²) < 4.78 is 35.8. The highest BCUT2D eigenvalue weighted by Gasteiger charge is 2.29. The molecule has 1 aliphatic carbocycles. The van der Waals surface area contributed by atoms with Crippen LogP contribution in [0.15, 0.2) is 54.6 Å². The summed E-state index contributed by atoms with van der Waals surface area (Å²) in [5.41, 5.74) is 1.03. The first-order valence-corrected chi connectivity index (χ1v) is 16.3. The summed E-state index contributed by atoms with van der Waals surface area (Å²) in [5, 5.41) is 12.2. The Bertz CT molecular complexity index is 1370. The summed E-state index contributed by atoms with van der Waals surface area (Å²) in [7, 11) is 0. The van der Waals surface area contributed by atoms with Gasteiger partial charge in [-0.1, -0.05) is 87.1 Å². The number of alkyl halides is 3. The van der Waals surface area contributed by atoms with E-state index in [4.69, 9.17) is 0 Å². The number of aldehydes is 1. The smallest absolute Gasteiger partial charge is 0.352 e. The van der Waals surface area contributed by atoms with E-state index in [1.165, 1.54) is 44.2 Å². The quantitative estimate of drug-likeness (QED) is 0.311. The normalized spacial score (nSPS) is 20.2. The molecule has 49 heavy (non-hydrogen) atoms. The number of rotatable bonds is 3. The minimum Gasteiger partial charge on any atom is -0.352 e. The molecule has 2 fully saturated rings. The second-order valence-electron chi connectivity index (χ2n) is 12.0. The summed E-state index contributed by atoms with van der Waals surface area (Å²) in [5.74, 6) is -1.79. The van der Waals surface area contributed by atoms with Crippen LogP contribution >= 0.6 is 0 Å². The van der Waals surface area contributed by atoms with E-state index in [-0.39, 0.29) is 38.9 Å². The van der Waals surface area contributed by atoms with Crippen molar-refractivity contribution in [2.24, 2.45) is 5.92 Å². The van der Waals surface area contributed by atoms with Crippen molar-refractivity contribution < 1.29 is 41.9 Å². The van der Waals surface area contributed by atoms with E-state index in [1.807, 2.05) is 6.07 Å². The number of hydrogen-bond acceptors (Lipinski definition) is 6. The number of halogens is 3. The van der Waals surface area contributed by atoms with Gasteiger partial charge in [-0.05, 0) is 30.5 Å². The van der Waals surface area contributed by atoms with Gasteiger partial charge in [0.15, 0.2) is 0 Å². The first-order chi connectivity index (χ1) is 23.3. The predicted octanol–water partition coefficient (Wildman–Crippen LogP) is 3.14. The Morgan fingerprint density at radius 3 is 1.92 bits per heavy atom. The van der Waals surface area contributed by atoms with Crippen molar-refractivity contribution in [3.8, 4) is 0 Å². The maximum absolute atomic E-state index is 12.6. The Labute approximate surface area is 284 Å². The van der Waals surface area contributed by atoms with Crippen LogP contribution in [0, 0.1) is 12.8 Å². The molecule has 268 valence electrons. The van der Waals surface area contributed by atoms with Crippen molar-refractivity contribution >= 4 is 35.8 Å². The van der Waals surface area contributed by atoms with E-state index in [1.54, 1.807) is 31.2 Å². The zero-order valence-electron chi connectivity index (χ0n) is 27.9. The molecule has 2 atom stereocenters. The summed E-state index contributed by atoms with van der Waals surface area (Å²) >= 11 is 0. The van der Waals surface area contributed by atoms with Crippen LogP contribution in [0.25, 0.3) is 0 Å². The Kier molecular flexibility index (Phi) is 17.5. The van der Waals surface area contributed by atoms with Crippen LogP contribution in [0.3, 0.4) is 0 Å². The number of carbonyl (C=O) groups excluding carboxylic acids is 6. The van der Waals surface area contributed by atoms with E-state index < -0.39 is 53.4 Å². The van der Waals surface area contributed by atoms with Crippen LogP contribution in [0.4, 0.5) is 13.2 Å². The number of amides is 5. The molecule has 5 amide bonds. The minimum atomic E-state index is -4.21. The van der Waals surface area contributed by atoms with Crippen LogP contribution in [0.1, 0.15) is 68.6 Å². The Hall–Kier alpha value is -4.75. The number of benzene rings is 2. The molecule has 0 aromatic heterocycles. The molecule has 1 saturated carbocycles. The fraction of sp³-hybridized carbons (Fsp3) is 0.486. The highest BCUT2D eigenvalue weighted by atomic mass is 19.4. The van der Waals surface area contributed by atoms with E-state index in [2.05, 4.69) is 33.5 Å². The lowest BCUT2D eigenvalue weighted by molar-refractivity contribution is -0.137. The van der Waals surface area contributed by atoms with Crippen LogP contribution in [-0.4, -0.2) is 67.5 Å². The Morgan fingerprint density at radius 1 is 0.735 bits per heavy atom. The van der Waals surface area contributed by atoms with Gasteiger partial charge in [0, 0.05) is 25.8 Å². The molecule has 0 unspecified atom stereocenters. The molecule has 0 bridgehead atoms. The van der Waals surface area contributed by atoms with Gasteiger partial charge in [-0.15, -0.1) is 0 Å². The maximum atomic E-state index is 12.6. The highest BCUT2D eigenvalue weighted by Crippen LogP contribution is 2.28. The van der Waals surface area contributed by atoms with Crippen molar-refractivity contribution in [1.29, 1.82) is 0 Å². The van der Waals surface area contributed by atoms with Crippen molar-refractivity contribution in [3.05, 3.63) is 71.3 Å². The summed E-state index contributed by atoms with van der Waals surface area (Å²) in [4.78, 5) is 71.6. The van der Waals surface area contributed by atoms with Crippen LogP contribution in [-0.2, 0) is 41.4 Å². The number of carbonyl (C=O) groups is 6. The van der Waals surface area contributed by atoms with Crippen LogP contribution in [0.5, 0.6) is 0 Å². The lowest BCUT2D eigenvalue weighted by Crippen LogP contribution is -2.52. The van der Waals surface area contributed by atoms with Gasteiger partial charge in [-0.3, -0.25) is 24.0 Å². The average molecular weight is 690 g/mol. The Balaban J connectivity index is 0.000000372. The molecule has 2 aromatic carbocycles. The van der Waals surface area contributed by atoms with Crippen molar-refractivity contribution in [2.45, 2.75) is 83.5 Å². The summed E-state index contributed by atoms with van der Waals surface area (Å²) in [6.07, 6.45) is 3.48. The van der Waals surface area contributed by atoms with E-state index in [0.29, 0.717) is 6.29 Å². The number of nitrogens with one attached hydrogen (secondary N) is 5. The largest absolute Gasteiger partial charge is 0.416 e. The topological polar surface area (TPSA) is 163 Å². The van der Waals surface area contributed by atoms with Crippen LogP contribution in [0.2, 0.25) is 0 Å². The maximum Gasteiger partial charge on any atom is 0.416 e. The molecule has 0 spiro atoms. The second kappa shape index (κ2) is 21.3. The zero-order valence-corrected chi connectivity index (χ0v) is 27.9. The second-order valence-corrected chi connectivity index (χ2v) is 12.0. The minimum absolute atomic E-state index is 0.166. The standard InChI is InChI=1S/C20H25N5O6.C8H7F3.C7H14/c26-12-14-9-21-18(29)10-23-20(31)15(8-13-4-2-1-3-5-13)25-19(30)11-22-16(27)6-7-17(28)24-14;1-6-2-4-7(5-3-6)8(9,10)11;1-7-5-3-2-4-6-7/h1-5,12,14-15H,6-11H2,(H,21,29)(H,22,27)(H,23,31)(H,24,28)(H,25,30);2-5H,1H3;7H,2-6H2,1H3/t14-,15-;;/m0../s1. The molecule has 2 aliphatic rings. The number of aryl methyl sites for hydroxylation is 1. The van der Waals surface area contributed by atoms with Gasteiger partial charge in [-0.25, -0.2) is 0 Å². The van der Waals surface area contributed by atoms with Gasteiger partial charge in [-0.2, -0.15) is 13.2 Å². The fourth-order valence-electron chi connectivity index (χ4n) is 4.84. The van der Waals surface area contributed by atoms with Gasteiger partial charge >= 0.3 is 6.18 Å². The third-order valence-electron chi connectivity index (χ3n) is 7.69. The molecule has 1 aliphatic heterocycles. The fourth-order valence-corrected chi connectivity index (χ4v) is 4.84. The Morgan fingerprint density at radius 2 is 1.35 bits per heavy atom. The molecular weight excluding hydrogens is 643 g/mol. The third kappa shape index (κ3) is 17.3. The molecule has 4 rings (SSSR count). The van der Waals surface area contributed by atoms with Gasteiger partial charge in [0.05, 0.1) is 18.7 Å². The molecule has 5 N–H and O–H groups in total. The predicted molar refractivity (Wildman–Crippen MR) is 177 cm³/mol. The average Bonchev–Trinajstić information content (AvgIpc) is 3.07. The van der Waals surface area contributed by atoms with Crippen molar-refractivity contribution in [3.63, 3.8) is 0 Å². The lowest BCUT2D eigenvalue weighted by atomic mass is 9.91. The molecule has 1 saturated heterocycles. The SMILES string of the molecule is CC1CCCCC1.Cc1ccc(C(F)(F)F)cc1.O=C[C@@H]1CNC(=O)CNC(=O)[C@H](Cc2ccccc2)NC(=O)CNC(=O)CCC(=O)N1. The first kappa shape index (κ1) is 40.4. The lowest BCUT2D eigenvalue weighted by Gasteiger charge is -2.19. The van der Waals surface area contributed by atoms with Gasteiger partial charge in [0.25, 0.3) is 0 Å². The molecular formula is C35H46F3N5O6. The zero-order chi connectivity index (χ0) is 36.2. The molecule has 11 nitrogen and oxygen atoms in total. The summed E-state index contributed by atoms with van der Waals surface area (Å²) in [6, 6.07) is 12.1.